The van der Waals surface area contributed by atoms with E-state index in [9.17, 15) is 0 Å². The highest BCUT2D eigenvalue weighted by Gasteiger charge is 2.49. The number of hydrogen-bond donors (Lipinski definition) is 0. The van der Waals surface area contributed by atoms with Crippen molar-refractivity contribution in [3.63, 3.8) is 0 Å². The molecule has 10 aromatic rings. The zero-order chi connectivity index (χ0) is 38.4. The summed E-state index contributed by atoms with van der Waals surface area (Å²) in [5, 5.41) is 4.52. The summed E-state index contributed by atoms with van der Waals surface area (Å²) in [5.41, 5.74) is 18.0. The van der Waals surface area contributed by atoms with Gasteiger partial charge in [0.2, 0.25) is 0 Å². The van der Waals surface area contributed by atoms with E-state index in [2.05, 4.69) is 188 Å². The molecule has 274 valence electrons. The maximum atomic E-state index is 6.92. The minimum absolute atomic E-state index is 0.0472. The van der Waals surface area contributed by atoms with Crippen LogP contribution in [0.4, 0.5) is 28.4 Å². The van der Waals surface area contributed by atoms with Crippen LogP contribution >= 0.6 is 11.8 Å². The van der Waals surface area contributed by atoms with Gasteiger partial charge in [-0.3, -0.25) is 0 Å². The lowest BCUT2D eigenvalue weighted by Crippen LogP contribution is -2.62. The Morgan fingerprint density at radius 3 is 2.03 bits per heavy atom. The second-order valence-electron chi connectivity index (χ2n) is 16.8. The summed E-state index contributed by atoms with van der Waals surface area (Å²) in [5.74, 6) is 0. The monoisotopic (exact) mass is 762 g/mol. The molecule has 0 unspecified atom stereocenters. The highest BCUT2D eigenvalue weighted by Crippen LogP contribution is 2.58. The Hall–Kier alpha value is -6.63. The number of rotatable bonds is 2. The summed E-state index contributed by atoms with van der Waals surface area (Å²) in [6, 6.07) is 57.6. The van der Waals surface area contributed by atoms with Crippen molar-refractivity contribution in [2.24, 2.45) is 0 Å². The molecule has 2 aromatic heterocycles. The van der Waals surface area contributed by atoms with Gasteiger partial charge in [0.15, 0.2) is 0 Å². The van der Waals surface area contributed by atoms with Crippen molar-refractivity contribution < 1.29 is 8.83 Å². The highest BCUT2D eigenvalue weighted by atomic mass is 32.2. The molecule has 13 rings (SSSR count). The Morgan fingerprint density at radius 1 is 0.517 bits per heavy atom. The lowest BCUT2D eigenvalue weighted by molar-refractivity contribution is 0.590. The molecule has 0 atom stereocenters. The van der Waals surface area contributed by atoms with Crippen LogP contribution in [0.25, 0.3) is 66.1 Å². The minimum atomic E-state index is -0.142. The number of hydrogen-bond acceptors (Lipinski definition) is 5. The maximum absolute atomic E-state index is 6.92. The van der Waals surface area contributed by atoms with Crippen molar-refractivity contribution >= 4 is 102 Å². The molecule has 0 aliphatic carbocycles. The first-order valence-electron chi connectivity index (χ1n) is 20.0. The SMILES string of the molecule is CC(C)(C)c1ccc(N2c3cc4oc5ccccc5c4c4c3B(c3ccc5oc6ccccc6c5c32)N2c3ccccc3Sc3cccc-4c32)c(-c2ccccc2)c1. The lowest BCUT2D eigenvalue weighted by Gasteiger charge is -2.48. The Balaban J connectivity index is 1.26. The molecule has 0 N–H and O–H groups in total. The van der Waals surface area contributed by atoms with E-state index in [0.29, 0.717) is 0 Å². The summed E-state index contributed by atoms with van der Waals surface area (Å²) in [6.45, 7) is 6.75. The Bertz CT molecular complexity index is 3390. The molecule has 4 nitrogen and oxygen atoms in total. The third-order valence-electron chi connectivity index (χ3n) is 12.6. The van der Waals surface area contributed by atoms with E-state index in [1.165, 1.54) is 65.3 Å². The van der Waals surface area contributed by atoms with E-state index in [1.54, 1.807) is 0 Å². The van der Waals surface area contributed by atoms with Gasteiger partial charge in [0.05, 0.1) is 22.4 Å². The van der Waals surface area contributed by atoms with Gasteiger partial charge in [0.25, 0.3) is 0 Å². The van der Waals surface area contributed by atoms with E-state index in [1.807, 2.05) is 11.8 Å². The Labute approximate surface area is 340 Å². The van der Waals surface area contributed by atoms with Crippen molar-refractivity contribution in [3.8, 4) is 22.3 Å². The van der Waals surface area contributed by atoms with Gasteiger partial charge in [0.1, 0.15) is 22.3 Å². The Kier molecular flexibility index (Phi) is 6.43. The molecule has 0 radical (unpaired) electrons. The second kappa shape index (κ2) is 11.5. The van der Waals surface area contributed by atoms with Gasteiger partial charge in [-0.2, -0.15) is 0 Å². The number of nitrogens with zero attached hydrogens (tertiary/aromatic N) is 2. The van der Waals surface area contributed by atoms with Gasteiger partial charge in [-0.1, -0.05) is 136 Å². The van der Waals surface area contributed by atoms with Gasteiger partial charge in [0, 0.05) is 54.5 Å². The maximum Gasteiger partial charge on any atom is 0.333 e. The summed E-state index contributed by atoms with van der Waals surface area (Å²) in [4.78, 5) is 7.71. The molecule has 0 saturated heterocycles. The number of benzene rings is 8. The fourth-order valence-corrected chi connectivity index (χ4v) is 11.2. The molecule has 6 heteroatoms. The van der Waals surface area contributed by atoms with Crippen molar-refractivity contribution in [2.45, 2.75) is 36.0 Å². The molecule has 58 heavy (non-hydrogen) atoms. The average molecular weight is 763 g/mol. The van der Waals surface area contributed by atoms with Gasteiger partial charge >= 0.3 is 6.85 Å². The number of para-hydroxylation sites is 4. The van der Waals surface area contributed by atoms with Crippen molar-refractivity contribution in [1.82, 2.24) is 0 Å². The molecule has 0 saturated carbocycles. The lowest BCUT2D eigenvalue weighted by atomic mass is 9.43. The molecular weight excluding hydrogens is 727 g/mol. The summed E-state index contributed by atoms with van der Waals surface area (Å²) in [6.07, 6.45) is 0. The largest absolute Gasteiger partial charge is 0.456 e. The van der Waals surface area contributed by atoms with Crippen molar-refractivity contribution in [2.75, 3.05) is 9.71 Å². The van der Waals surface area contributed by atoms with E-state index >= 15 is 0 Å². The highest BCUT2D eigenvalue weighted by molar-refractivity contribution is 7.99. The molecular formula is C52H35BN2O2S. The standard InChI is InChI=1S/C52H35BN2O2S/c1-52(2,3)31-24-26-37(35(28-31)30-14-5-4-6-15-30)54-39-29-43-46(32-16-7-10-20-40(32)57-43)48-34-18-13-23-45-50(34)55(38-19-9-12-22-44(38)58-45)53(49(39)48)36-25-27-42-47(51(36)54)33-17-8-11-21-41(33)56-42/h4-29H,1-3H3. The first-order valence-corrected chi connectivity index (χ1v) is 20.9. The number of fused-ring (bicyclic) bond motifs is 14. The van der Waals surface area contributed by atoms with Gasteiger partial charge in [-0.15, -0.1) is 0 Å². The summed E-state index contributed by atoms with van der Waals surface area (Å²) in [7, 11) is 0. The summed E-state index contributed by atoms with van der Waals surface area (Å²) < 4.78 is 13.6. The van der Waals surface area contributed by atoms with Crippen molar-refractivity contribution in [3.05, 3.63) is 163 Å². The fourth-order valence-electron chi connectivity index (χ4n) is 10.1. The van der Waals surface area contributed by atoms with E-state index in [4.69, 9.17) is 8.83 Å². The van der Waals surface area contributed by atoms with Crippen LogP contribution in [0, 0.1) is 0 Å². The first-order chi connectivity index (χ1) is 28.4. The quantitative estimate of drug-likeness (QED) is 0.164. The van der Waals surface area contributed by atoms with Crippen LogP contribution in [0.3, 0.4) is 0 Å². The average Bonchev–Trinajstić information content (AvgIpc) is 3.82. The molecule has 3 aliphatic rings. The molecule has 0 spiro atoms. The molecule has 0 fully saturated rings. The van der Waals surface area contributed by atoms with E-state index in [-0.39, 0.29) is 12.3 Å². The van der Waals surface area contributed by atoms with Crippen molar-refractivity contribution in [1.29, 1.82) is 0 Å². The zero-order valence-electron chi connectivity index (χ0n) is 32.2. The minimum Gasteiger partial charge on any atom is -0.456 e. The van der Waals surface area contributed by atoms with E-state index < -0.39 is 0 Å². The number of anilines is 5. The smallest absolute Gasteiger partial charge is 0.333 e. The van der Waals surface area contributed by atoms with Crippen LogP contribution in [-0.4, -0.2) is 6.85 Å². The predicted molar refractivity (Wildman–Crippen MR) is 243 cm³/mol. The zero-order valence-corrected chi connectivity index (χ0v) is 33.0. The topological polar surface area (TPSA) is 32.8 Å². The molecule has 0 bridgehead atoms. The van der Waals surface area contributed by atoms with Crippen LogP contribution in [-0.2, 0) is 5.41 Å². The third kappa shape index (κ3) is 4.28. The van der Waals surface area contributed by atoms with Crippen LogP contribution in [0.2, 0.25) is 0 Å². The Morgan fingerprint density at radius 2 is 1.22 bits per heavy atom. The molecule has 3 aliphatic heterocycles. The predicted octanol–water partition coefficient (Wildman–Crippen LogP) is 13.6. The molecule has 5 heterocycles. The number of furan rings is 2. The van der Waals surface area contributed by atoms with Gasteiger partial charge in [-0.25, -0.2) is 0 Å². The molecule has 8 aromatic carbocycles. The fraction of sp³-hybridized carbons (Fsp3) is 0.0769. The van der Waals surface area contributed by atoms with Gasteiger partial charge < -0.3 is 18.5 Å². The van der Waals surface area contributed by atoms with E-state index in [0.717, 1.165) is 55.6 Å². The van der Waals surface area contributed by atoms with Crippen LogP contribution in [0.5, 0.6) is 0 Å². The molecule has 0 amide bonds. The first kappa shape index (κ1) is 32.5. The van der Waals surface area contributed by atoms with Crippen LogP contribution < -0.4 is 20.6 Å². The summed E-state index contributed by atoms with van der Waals surface area (Å²) >= 11 is 1.87. The third-order valence-corrected chi connectivity index (χ3v) is 13.7. The van der Waals surface area contributed by atoms with Crippen LogP contribution in [0.1, 0.15) is 26.3 Å². The van der Waals surface area contributed by atoms with Gasteiger partial charge in [-0.05, 0) is 81.6 Å². The van der Waals surface area contributed by atoms with Crippen LogP contribution in [0.15, 0.2) is 176 Å². The second-order valence-corrected chi connectivity index (χ2v) is 17.9. The normalized spacial score (nSPS) is 13.9.